The normalized spacial score (nSPS) is 11.1. The predicted molar refractivity (Wildman–Crippen MR) is 67.1 cm³/mol. The molecule has 0 fully saturated rings. The van der Waals surface area contributed by atoms with E-state index in [0.29, 0.717) is 0 Å². The third-order valence-electron chi connectivity index (χ3n) is 2.18. The average Bonchev–Trinajstić information content (AvgIpc) is 2.68. The van der Waals surface area contributed by atoms with Crippen LogP contribution < -0.4 is 0 Å². The first kappa shape index (κ1) is 11.0. The molecule has 0 spiro atoms. The summed E-state index contributed by atoms with van der Waals surface area (Å²) in [5, 5.41) is 10.7. The van der Waals surface area contributed by atoms with Crippen LogP contribution in [-0.4, -0.2) is 14.8 Å². The lowest BCUT2D eigenvalue weighted by Crippen LogP contribution is -1.86. The molecule has 4 heteroatoms. The quantitative estimate of drug-likeness (QED) is 0.761. The second-order valence-electron chi connectivity index (χ2n) is 3.56. The van der Waals surface area contributed by atoms with Crippen LogP contribution in [0.5, 0.6) is 0 Å². The molecule has 1 aromatic carbocycles. The van der Waals surface area contributed by atoms with Gasteiger partial charge in [-0.3, -0.25) is 0 Å². The van der Waals surface area contributed by atoms with Crippen LogP contribution in [0.4, 0.5) is 0 Å². The molecule has 2 rings (SSSR count). The summed E-state index contributed by atoms with van der Waals surface area (Å²) >= 11 is 1.56. The van der Waals surface area contributed by atoms with Crippen molar-refractivity contribution in [3.8, 4) is 0 Å². The van der Waals surface area contributed by atoms with Crippen molar-refractivity contribution in [1.82, 2.24) is 14.8 Å². The zero-order chi connectivity index (χ0) is 11.4. The Morgan fingerprint density at radius 2 is 2.00 bits per heavy atom. The van der Waals surface area contributed by atoms with Gasteiger partial charge in [-0.25, -0.2) is 0 Å². The largest absolute Gasteiger partial charge is 0.312 e. The number of hydrogen-bond acceptors (Lipinski definition) is 3. The van der Waals surface area contributed by atoms with Gasteiger partial charge in [0.15, 0.2) is 5.16 Å². The van der Waals surface area contributed by atoms with Crippen LogP contribution in [0.25, 0.3) is 6.08 Å². The van der Waals surface area contributed by atoms with Crippen molar-refractivity contribution in [2.45, 2.75) is 12.1 Å². The number of thioether (sulfide) groups is 1. The Labute approximate surface area is 99.2 Å². The summed E-state index contributed by atoms with van der Waals surface area (Å²) < 4.78 is 1.89. The Balaban J connectivity index is 2.00. The van der Waals surface area contributed by atoms with E-state index in [1.165, 1.54) is 11.1 Å². The number of hydrogen-bond donors (Lipinski definition) is 0. The first-order valence-corrected chi connectivity index (χ1v) is 5.87. The fraction of sp³-hybridized carbons (Fsp3) is 0.167. The summed E-state index contributed by atoms with van der Waals surface area (Å²) in [6, 6.07) is 8.41. The van der Waals surface area contributed by atoms with Gasteiger partial charge in [0.25, 0.3) is 0 Å². The number of rotatable bonds is 3. The Morgan fingerprint density at radius 1 is 1.25 bits per heavy atom. The lowest BCUT2D eigenvalue weighted by atomic mass is 10.2. The molecule has 0 saturated heterocycles. The smallest absolute Gasteiger partial charge is 0.194 e. The highest BCUT2D eigenvalue weighted by atomic mass is 32.2. The molecule has 0 aliphatic heterocycles. The molecular formula is C12H13N3S. The van der Waals surface area contributed by atoms with Gasteiger partial charge >= 0.3 is 0 Å². The predicted octanol–water partition coefficient (Wildman–Crippen LogP) is 2.89. The molecule has 0 bridgehead atoms. The summed E-state index contributed by atoms with van der Waals surface area (Å²) in [7, 11) is 1.93. The molecule has 0 atom stereocenters. The van der Waals surface area contributed by atoms with Gasteiger partial charge in [0, 0.05) is 7.05 Å². The maximum absolute atomic E-state index is 3.99. The monoisotopic (exact) mass is 231 g/mol. The van der Waals surface area contributed by atoms with E-state index >= 15 is 0 Å². The van der Waals surface area contributed by atoms with Crippen LogP contribution in [0, 0.1) is 6.92 Å². The van der Waals surface area contributed by atoms with Crippen molar-refractivity contribution < 1.29 is 0 Å². The van der Waals surface area contributed by atoms with Gasteiger partial charge in [0.05, 0.1) is 0 Å². The summed E-state index contributed by atoms with van der Waals surface area (Å²) in [5.41, 5.74) is 2.47. The zero-order valence-corrected chi connectivity index (χ0v) is 10.1. The summed E-state index contributed by atoms with van der Waals surface area (Å²) in [6.45, 7) is 2.09. The molecule has 0 aliphatic rings. The average molecular weight is 231 g/mol. The molecule has 2 aromatic rings. The van der Waals surface area contributed by atoms with Gasteiger partial charge in [-0.1, -0.05) is 41.6 Å². The SMILES string of the molecule is Cc1ccc(/C=C/Sc2nncn2C)cc1. The summed E-state index contributed by atoms with van der Waals surface area (Å²) in [5.74, 6) is 0. The molecular weight excluding hydrogens is 218 g/mol. The fourth-order valence-corrected chi connectivity index (χ4v) is 1.88. The van der Waals surface area contributed by atoms with E-state index in [1.54, 1.807) is 18.1 Å². The number of nitrogens with zero attached hydrogens (tertiary/aromatic N) is 3. The van der Waals surface area contributed by atoms with Gasteiger partial charge in [0.2, 0.25) is 0 Å². The summed E-state index contributed by atoms with van der Waals surface area (Å²) in [4.78, 5) is 0. The van der Waals surface area contributed by atoms with E-state index < -0.39 is 0 Å². The molecule has 0 N–H and O–H groups in total. The van der Waals surface area contributed by atoms with Crippen molar-refractivity contribution in [1.29, 1.82) is 0 Å². The first-order valence-electron chi connectivity index (χ1n) is 4.99. The fourth-order valence-electron chi connectivity index (χ4n) is 1.23. The highest BCUT2D eigenvalue weighted by molar-refractivity contribution is 8.02. The van der Waals surface area contributed by atoms with Gasteiger partial charge < -0.3 is 4.57 Å². The summed E-state index contributed by atoms with van der Waals surface area (Å²) in [6.07, 6.45) is 3.76. The van der Waals surface area contributed by atoms with Crippen LogP contribution in [0.1, 0.15) is 11.1 Å². The maximum atomic E-state index is 3.99. The third kappa shape index (κ3) is 2.73. The lowest BCUT2D eigenvalue weighted by Gasteiger charge is -1.95. The van der Waals surface area contributed by atoms with Gasteiger partial charge in [0.1, 0.15) is 6.33 Å². The van der Waals surface area contributed by atoms with E-state index in [1.807, 2.05) is 17.0 Å². The topological polar surface area (TPSA) is 30.7 Å². The van der Waals surface area contributed by atoms with Crippen molar-refractivity contribution in [2.24, 2.45) is 7.05 Å². The Hall–Kier alpha value is -1.55. The van der Waals surface area contributed by atoms with Crippen LogP contribution in [0.2, 0.25) is 0 Å². The highest BCUT2D eigenvalue weighted by Crippen LogP contribution is 2.16. The van der Waals surface area contributed by atoms with Crippen LogP contribution >= 0.6 is 11.8 Å². The second-order valence-corrected chi connectivity index (χ2v) is 4.43. The van der Waals surface area contributed by atoms with E-state index in [4.69, 9.17) is 0 Å². The van der Waals surface area contributed by atoms with Gasteiger partial charge in [-0.15, -0.1) is 10.2 Å². The molecule has 82 valence electrons. The van der Waals surface area contributed by atoms with Gasteiger partial charge in [-0.05, 0) is 24.0 Å². The van der Waals surface area contributed by atoms with E-state index in [9.17, 15) is 0 Å². The molecule has 0 radical (unpaired) electrons. The molecule has 1 heterocycles. The standard InChI is InChI=1S/C12H13N3S/c1-10-3-5-11(6-4-10)7-8-16-12-14-13-9-15(12)2/h3-9H,1-2H3/b8-7+. The number of aromatic nitrogens is 3. The lowest BCUT2D eigenvalue weighted by molar-refractivity contribution is 0.791. The van der Waals surface area contributed by atoms with E-state index in [0.717, 1.165) is 5.16 Å². The molecule has 0 amide bonds. The van der Waals surface area contributed by atoms with Crippen molar-refractivity contribution in [2.75, 3.05) is 0 Å². The number of aryl methyl sites for hydroxylation is 2. The van der Waals surface area contributed by atoms with Crippen LogP contribution in [0.15, 0.2) is 41.2 Å². The minimum Gasteiger partial charge on any atom is -0.312 e. The van der Waals surface area contributed by atoms with E-state index in [-0.39, 0.29) is 0 Å². The Kier molecular flexibility index (Phi) is 3.41. The molecule has 16 heavy (non-hydrogen) atoms. The van der Waals surface area contributed by atoms with E-state index in [2.05, 4.69) is 47.5 Å². The molecule has 0 aliphatic carbocycles. The second kappa shape index (κ2) is 4.99. The molecule has 1 aromatic heterocycles. The highest BCUT2D eigenvalue weighted by Gasteiger charge is 1.96. The van der Waals surface area contributed by atoms with Crippen molar-refractivity contribution in [3.63, 3.8) is 0 Å². The maximum Gasteiger partial charge on any atom is 0.194 e. The van der Waals surface area contributed by atoms with Gasteiger partial charge in [-0.2, -0.15) is 0 Å². The minimum atomic E-state index is 0.892. The Morgan fingerprint density at radius 3 is 2.62 bits per heavy atom. The number of benzene rings is 1. The zero-order valence-electron chi connectivity index (χ0n) is 9.29. The molecule has 3 nitrogen and oxygen atoms in total. The van der Waals surface area contributed by atoms with Crippen molar-refractivity contribution >= 4 is 17.8 Å². The van der Waals surface area contributed by atoms with Crippen LogP contribution in [0.3, 0.4) is 0 Å². The minimum absolute atomic E-state index is 0.892. The first-order chi connectivity index (χ1) is 7.75. The van der Waals surface area contributed by atoms with Crippen LogP contribution in [-0.2, 0) is 7.05 Å². The van der Waals surface area contributed by atoms with Crippen molar-refractivity contribution in [3.05, 3.63) is 47.1 Å². The third-order valence-corrected chi connectivity index (χ3v) is 3.03. The molecule has 0 saturated carbocycles. The Bertz CT molecular complexity index is 485. The molecule has 0 unspecified atom stereocenters.